The summed E-state index contributed by atoms with van der Waals surface area (Å²) in [5, 5.41) is 2.90. The molecule has 22 heavy (non-hydrogen) atoms. The molecule has 1 fully saturated rings. The Morgan fingerprint density at radius 3 is 2.50 bits per heavy atom. The maximum Gasteiger partial charge on any atom is 0.410 e. The fourth-order valence-electron chi connectivity index (χ4n) is 2.24. The molecule has 2 rings (SSSR count). The van der Waals surface area contributed by atoms with E-state index in [9.17, 15) is 9.59 Å². The summed E-state index contributed by atoms with van der Waals surface area (Å²) < 4.78 is 6.45. The third-order valence-corrected chi connectivity index (χ3v) is 4.04. The number of amides is 2. The highest BCUT2D eigenvalue weighted by Gasteiger charge is 2.33. The average Bonchev–Trinajstić information content (AvgIpc) is 2.89. The van der Waals surface area contributed by atoms with Crippen molar-refractivity contribution in [2.45, 2.75) is 32.8 Å². The maximum absolute atomic E-state index is 12.3. The van der Waals surface area contributed by atoms with Crippen LogP contribution in [-0.2, 0) is 9.53 Å². The summed E-state index contributed by atoms with van der Waals surface area (Å²) in [5.41, 5.74) is 0.264. The van der Waals surface area contributed by atoms with Gasteiger partial charge < -0.3 is 15.0 Å². The summed E-state index contributed by atoms with van der Waals surface area (Å²) >= 11 is 2.22. The van der Waals surface area contributed by atoms with Gasteiger partial charge >= 0.3 is 6.09 Å². The van der Waals surface area contributed by atoms with E-state index in [0.29, 0.717) is 19.5 Å². The highest BCUT2D eigenvalue weighted by Crippen LogP contribution is 2.21. The zero-order valence-corrected chi connectivity index (χ0v) is 15.2. The van der Waals surface area contributed by atoms with Gasteiger partial charge in [0.15, 0.2) is 0 Å². The van der Waals surface area contributed by atoms with E-state index in [1.54, 1.807) is 4.90 Å². The Balaban J connectivity index is 1.88. The number of carbonyl (C=O) groups excluding carboxylic acids is 2. The predicted octanol–water partition coefficient (Wildman–Crippen LogP) is 3.49. The van der Waals surface area contributed by atoms with Gasteiger partial charge in [0.2, 0.25) is 5.91 Å². The molecule has 1 aliphatic heterocycles. The fourth-order valence-corrected chi connectivity index (χ4v) is 2.60. The molecule has 1 aromatic rings. The lowest BCUT2D eigenvalue weighted by atomic mass is 10.1. The Labute approximate surface area is 144 Å². The van der Waals surface area contributed by atoms with Gasteiger partial charge in [0.25, 0.3) is 0 Å². The largest absolute Gasteiger partial charge is 0.444 e. The smallest absolute Gasteiger partial charge is 0.410 e. The van der Waals surface area contributed by atoms with Crippen LogP contribution in [-0.4, -0.2) is 35.6 Å². The van der Waals surface area contributed by atoms with E-state index < -0.39 is 5.60 Å². The topological polar surface area (TPSA) is 58.6 Å². The number of ether oxygens (including phenoxy) is 1. The lowest BCUT2D eigenvalue weighted by Crippen LogP contribution is -2.36. The van der Waals surface area contributed by atoms with Crippen LogP contribution in [0.5, 0.6) is 0 Å². The van der Waals surface area contributed by atoms with E-state index in [4.69, 9.17) is 4.74 Å². The molecule has 0 aromatic heterocycles. The first-order chi connectivity index (χ1) is 10.2. The van der Waals surface area contributed by atoms with Crippen molar-refractivity contribution in [1.82, 2.24) is 4.90 Å². The van der Waals surface area contributed by atoms with E-state index in [0.717, 1.165) is 9.26 Å². The van der Waals surface area contributed by atoms with Gasteiger partial charge in [-0.1, -0.05) is 0 Å². The summed E-state index contributed by atoms with van der Waals surface area (Å²) in [6.45, 7) is 6.47. The van der Waals surface area contributed by atoms with Gasteiger partial charge in [-0.05, 0) is 74.0 Å². The third kappa shape index (κ3) is 4.86. The molecular formula is C16H21IN2O3. The summed E-state index contributed by atoms with van der Waals surface area (Å²) in [5.74, 6) is -0.237. The number of benzene rings is 1. The molecule has 1 aliphatic rings. The van der Waals surface area contributed by atoms with Gasteiger partial charge in [0.05, 0.1) is 5.92 Å². The Kier molecular flexibility index (Phi) is 5.31. The molecule has 1 N–H and O–H groups in total. The fraction of sp³-hybridized carbons (Fsp3) is 0.500. The maximum atomic E-state index is 12.3. The van der Waals surface area contributed by atoms with E-state index in [1.165, 1.54) is 0 Å². The molecule has 0 aliphatic carbocycles. The number of likely N-dealkylation sites (tertiary alicyclic amines) is 1. The summed E-state index contributed by atoms with van der Waals surface area (Å²) in [4.78, 5) is 25.9. The first-order valence-electron chi connectivity index (χ1n) is 7.29. The molecule has 1 atom stereocenters. The van der Waals surface area contributed by atoms with Gasteiger partial charge in [-0.2, -0.15) is 0 Å². The molecule has 0 radical (unpaired) electrons. The number of anilines is 1. The molecule has 5 nitrogen and oxygen atoms in total. The lowest BCUT2D eigenvalue weighted by molar-refractivity contribution is -0.119. The Bertz CT molecular complexity index is 552. The molecule has 1 aromatic carbocycles. The van der Waals surface area contributed by atoms with Crippen LogP contribution in [0.1, 0.15) is 27.2 Å². The van der Waals surface area contributed by atoms with Crippen LogP contribution >= 0.6 is 22.6 Å². The summed E-state index contributed by atoms with van der Waals surface area (Å²) in [6, 6.07) is 7.64. The minimum absolute atomic E-state index is 0.0488. The average molecular weight is 416 g/mol. The molecular weight excluding hydrogens is 395 g/mol. The first-order valence-corrected chi connectivity index (χ1v) is 8.37. The quantitative estimate of drug-likeness (QED) is 0.752. The molecule has 1 saturated heterocycles. The predicted molar refractivity (Wildman–Crippen MR) is 93.7 cm³/mol. The highest BCUT2D eigenvalue weighted by molar-refractivity contribution is 14.1. The van der Waals surface area contributed by atoms with E-state index in [-0.39, 0.29) is 17.9 Å². The molecule has 0 spiro atoms. The number of hydrogen-bond donors (Lipinski definition) is 1. The van der Waals surface area contributed by atoms with Gasteiger partial charge in [-0.25, -0.2) is 4.79 Å². The van der Waals surface area contributed by atoms with Gasteiger partial charge in [0.1, 0.15) is 5.60 Å². The lowest BCUT2D eigenvalue weighted by Gasteiger charge is -2.24. The number of carbonyl (C=O) groups is 2. The van der Waals surface area contributed by atoms with Crippen molar-refractivity contribution in [3.8, 4) is 0 Å². The van der Waals surface area contributed by atoms with Gasteiger partial charge in [0, 0.05) is 22.3 Å². The monoisotopic (exact) mass is 416 g/mol. The molecule has 1 heterocycles. The van der Waals surface area contributed by atoms with Crippen molar-refractivity contribution in [3.05, 3.63) is 27.8 Å². The summed E-state index contributed by atoms with van der Waals surface area (Å²) in [7, 11) is 0. The Morgan fingerprint density at radius 1 is 1.27 bits per heavy atom. The number of nitrogens with one attached hydrogen (secondary N) is 1. The Hall–Kier alpha value is -1.31. The Morgan fingerprint density at radius 2 is 1.91 bits per heavy atom. The van der Waals surface area contributed by atoms with E-state index in [1.807, 2.05) is 45.0 Å². The normalized spacial score (nSPS) is 18.2. The van der Waals surface area contributed by atoms with Crippen molar-refractivity contribution < 1.29 is 14.3 Å². The summed E-state index contributed by atoms with van der Waals surface area (Å²) in [6.07, 6.45) is 0.312. The number of halogens is 1. The van der Waals surface area contributed by atoms with Crippen LogP contribution in [0.3, 0.4) is 0 Å². The number of hydrogen-bond acceptors (Lipinski definition) is 3. The van der Waals surface area contributed by atoms with Crippen molar-refractivity contribution >= 4 is 40.3 Å². The van der Waals surface area contributed by atoms with E-state index in [2.05, 4.69) is 27.9 Å². The molecule has 6 heteroatoms. The third-order valence-electron chi connectivity index (χ3n) is 3.32. The zero-order chi connectivity index (χ0) is 16.3. The van der Waals surface area contributed by atoms with Crippen molar-refractivity contribution in [1.29, 1.82) is 0 Å². The van der Waals surface area contributed by atoms with Crippen LogP contribution in [0.25, 0.3) is 0 Å². The SMILES string of the molecule is CC(C)(C)OC(=O)N1CCC(C(=O)Nc2ccc(I)cc2)C1. The zero-order valence-electron chi connectivity index (χ0n) is 13.1. The molecule has 1 unspecified atom stereocenters. The highest BCUT2D eigenvalue weighted by atomic mass is 127. The molecule has 2 amide bonds. The number of rotatable bonds is 2. The van der Waals surface area contributed by atoms with Crippen molar-refractivity contribution in [2.24, 2.45) is 5.92 Å². The second-order valence-corrected chi connectivity index (χ2v) is 7.65. The van der Waals surface area contributed by atoms with E-state index >= 15 is 0 Å². The van der Waals surface area contributed by atoms with Gasteiger partial charge in [-0.3, -0.25) is 4.79 Å². The van der Waals surface area contributed by atoms with Gasteiger partial charge in [-0.15, -0.1) is 0 Å². The van der Waals surface area contributed by atoms with Crippen LogP contribution in [0.2, 0.25) is 0 Å². The second-order valence-electron chi connectivity index (χ2n) is 6.41. The van der Waals surface area contributed by atoms with Crippen LogP contribution in [0.15, 0.2) is 24.3 Å². The number of nitrogens with zero attached hydrogens (tertiary/aromatic N) is 1. The first kappa shape index (κ1) is 17.1. The van der Waals surface area contributed by atoms with Crippen LogP contribution in [0, 0.1) is 9.49 Å². The minimum atomic E-state index is -0.515. The minimum Gasteiger partial charge on any atom is -0.444 e. The second kappa shape index (κ2) is 6.85. The van der Waals surface area contributed by atoms with Crippen molar-refractivity contribution in [3.63, 3.8) is 0 Å². The standard InChI is InChI=1S/C16H21IN2O3/c1-16(2,3)22-15(21)19-9-8-11(10-19)14(20)18-13-6-4-12(17)5-7-13/h4-7,11H,8-10H2,1-3H3,(H,18,20). The van der Waals surface area contributed by atoms with Crippen LogP contribution in [0.4, 0.5) is 10.5 Å². The van der Waals surface area contributed by atoms with Crippen molar-refractivity contribution in [2.75, 3.05) is 18.4 Å². The molecule has 0 saturated carbocycles. The van der Waals surface area contributed by atoms with Crippen LogP contribution < -0.4 is 5.32 Å². The molecule has 120 valence electrons. The molecule has 0 bridgehead atoms.